The molecule has 0 unspecified atom stereocenters. The van der Waals surface area contributed by atoms with Crippen molar-refractivity contribution >= 4 is 52.3 Å². The molecular weight excluding hydrogens is 433 g/mol. The van der Waals surface area contributed by atoms with E-state index >= 15 is 0 Å². The van der Waals surface area contributed by atoms with Crippen LogP contribution >= 0.6 is 34.8 Å². The van der Waals surface area contributed by atoms with Crippen LogP contribution in [-0.2, 0) is 16.0 Å². The van der Waals surface area contributed by atoms with Crippen molar-refractivity contribution in [1.82, 2.24) is 9.80 Å². The van der Waals surface area contributed by atoms with E-state index in [9.17, 15) is 9.59 Å². The number of rotatable bonds is 6. The van der Waals surface area contributed by atoms with Gasteiger partial charge in [0, 0.05) is 49.2 Å². The predicted molar refractivity (Wildman–Crippen MR) is 118 cm³/mol. The fraction of sp³-hybridized carbons (Fsp3) is 0.333. The Bertz CT molecular complexity index is 883. The van der Waals surface area contributed by atoms with Crippen molar-refractivity contribution in [2.45, 2.75) is 12.8 Å². The zero-order chi connectivity index (χ0) is 20.8. The lowest BCUT2D eigenvalue weighted by atomic mass is 10.1. The van der Waals surface area contributed by atoms with Crippen molar-refractivity contribution in [3.8, 4) is 0 Å². The first kappa shape index (κ1) is 21.9. The third-order valence-corrected chi connectivity index (χ3v) is 5.82. The van der Waals surface area contributed by atoms with Gasteiger partial charge in [-0.1, -0.05) is 53.0 Å². The average molecular weight is 455 g/mol. The number of carbonyl (C=O) groups excluding carboxylic acids is 2. The van der Waals surface area contributed by atoms with Gasteiger partial charge in [-0.25, -0.2) is 0 Å². The summed E-state index contributed by atoms with van der Waals surface area (Å²) in [6, 6.07) is 12.4. The van der Waals surface area contributed by atoms with E-state index in [1.165, 1.54) is 0 Å². The molecule has 0 radical (unpaired) electrons. The van der Waals surface area contributed by atoms with Gasteiger partial charge in [0.25, 0.3) is 0 Å². The highest BCUT2D eigenvalue weighted by molar-refractivity contribution is 6.35. The van der Waals surface area contributed by atoms with Gasteiger partial charge in [0.1, 0.15) is 0 Å². The van der Waals surface area contributed by atoms with Crippen LogP contribution in [0.2, 0.25) is 15.1 Å². The lowest BCUT2D eigenvalue weighted by molar-refractivity contribution is -0.132. The van der Waals surface area contributed by atoms with Crippen molar-refractivity contribution in [3.63, 3.8) is 0 Å². The van der Waals surface area contributed by atoms with Crippen molar-refractivity contribution < 1.29 is 9.59 Å². The SMILES string of the molecule is O=C(CCN1CCN(C(=O)Cc2ccccc2Cl)CC1)Nc1cc(Cl)ccc1Cl. The van der Waals surface area contributed by atoms with E-state index in [1.54, 1.807) is 24.3 Å². The summed E-state index contributed by atoms with van der Waals surface area (Å²) in [6.07, 6.45) is 0.652. The molecule has 3 rings (SSSR count). The molecule has 2 aromatic rings. The highest BCUT2D eigenvalue weighted by atomic mass is 35.5. The van der Waals surface area contributed by atoms with E-state index in [0.717, 1.165) is 18.7 Å². The maximum absolute atomic E-state index is 12.5. The average Bonchev–Trinajstić information content (AvgIpc) is 2.71. The molecule has 2 aromatic carbocycles. The molecule has 29 heavy (non-hydrogen) atoms. The predicted octanol–water partition coefficient (Wildman–Crippen LogP) is 4.36. The number of nitrogens with one attached hydrogen (secondary N) is 1. The lowest BCUT2D eigenvalue weighted by Crippen LogP contribution is -2.49. The number of hydrogen-bond acceptors (Lipinski definition) is 3. The Balaban J connectivity index is 1.41. The molecular formula is C21H22Cl3N3O2. The van der Waals surface area contributed by atoms with Gasteiger partial charge in [0.2, 0.25) is 11.8 Å². The third kappa shape index (κ3) is 6.34. The summed E-state index contributed by atoms with van der Waals surface area (Å²) in [7, 11) is 0. The summed E-state index contributed by atoms with van der Waals surface area (Å²) in [5, 5.41) is 4.38. The highest BCUT2D eigenvalue weighted by Crippen LogP contribution is 2.25. The van der Waals surface area contributed by atoms with Gasteiger partial charge in [0.15, 0.2) is 0 Å². The molecule has 0 bridgehead atoms. The van der Waals surface area contributed by atoms with Gasteiger partial charge in [0.05, 0.1) is 17.1 Å². The third-order valence-electron chi connectivity index (χ3n) is 4.88. The van der Waals surface area contributed by atoms with Crippen LogP contribution in [-0.4, -0.2) is 54.3 Å². The Labute approximate surface area is 185 Å². The first-order valence-electron chi connectivity index (χ1n) is 9.41. The standard InChI is InChI=1S/C21H22Cl3N3O2/c22-16-5-6-18(24)19(14-16)25-20(28)7-8-26-9-11-27(12-10-26)21(29)13-15-3-1-2-4-17(15)23/h1-6,14H,7-13H2,(H,25,28). The normalized spacial score (nSPS) is 14.7. The Kier molecular flexibility index (Phi) is 7.78. The molecule has 0 aliphatic carbocycles. The van der Waals surface area contributed by atoms with Gasteiger partial charge in [-0.2, -0.15) is 0 Å². The molecule has 0 atom stereocenters. The fourth-order valence-electron chi connectivity index (χ4n) is 3.20. The summed E-state index contributed by atoms with van der Waals surface area (Å²) in [6.45, 7) is 3.38. The molecule has 1 N–H and O–H groups in total. The Morgan fingerprint density at radius 1 is 0.931 bits per heavy atom. The molecule has 1 heterocycles. The van der Waals surface area contributed by atoms with Crippen LogP contribution in [0.15, 0.2) is 42.5 Å². The minimum Gasteiger partial charge on any atom is -0.340 e. The van der Waals surface area contributed by atoms with Crippen molar-refractivity contribution in [1.29, 1.82) is 0 Å². The van der Waals surface area contributed by atoms with Crippen LogP contribution < -0.4 is 5.32 Å². The second kappa shape index (κ2) is 10.3. The van der Waals surface area contributed by atoms with E-state index in [4.69, 9.17) is 34.8 Å². The molecule has 2 amide bonds. The second-order valence-corrected chi connectivity index (χ2v) is 8.16. The number of amides is 2. The van der Waals surface area contributed by atoms with Crippen LogP contribution in [0.3, 0.4) is 0 Å². The van der Waals surface area contributed by atoms with Crippen molar-refractivity contribution in [2.75, 3.05) is 38.0 Å². The van der Waals surface area contributed by atoms with Gasteiger partial charge in [-0.3, -0.25) is 14.5 Å². The lowest BCUT2D eigenvalue weighted by Gasteiger charge is -2.34. The summed E-state index contributed by atoms with van der Waals surface area (Å²) in [4.78, 5) is 28.8. The van der Waals surface area contributed by atoms with Crippen molar-refractivity contribution in [3.05, 3.63) is 63.1 Å². The zero-order valence-electron chi connectivity index (χ0n) is 15.8. The first-order valence-corrected chi connectivity index (χ1v) is 10.5. The summed E-state index contributed by atoms with van der Waals surface area (Å²) >= 11 is 18.2. The summed E-state index contributed by atoms with van der Waals surface area (Å²) in [5.41, 5.74) is 1.36. The van der Waals surface area contributed by atoms with Gasteiger partial charge >= 0.3 is 0 Å². The van der Waals surface area contributed by atoms with Crippen LogP contribution in [0.4, 0.5) is 5.69 Å². The van der Waals surface area contributed by atoms with Crippen molar-refractivity contribution in [2.24, 2.45) is 0 Å². The number of piperazine rings is 1. The molecule has 154 valence electrons. The monoisotopic (exact) mass is 453 g/mol. The van der Waals surface area contributed by atoms with E-state index in [0.29, 0.717) is 53.2 Å². The first-order chi connectivity index (χ1) is 13.9. The minimum absolute atomic E-state index is 0.0751. The quantitative estimate of drug-likeness (QED) is 0.705. The van der Waals surface area contributed by atoms with E-state index in [-0.39, 0.29) is 11.8 Å². The zero-order valence-corrected chi connectivity index (χ0v) is 18.1. The molecule has 1 aliphatic rings. The molecule has 5 nitrogen and oxygen atoms in total. The number of nitrogens with zero attached hydrogens (tertiary/aromatic N) is 2. The van der Waals surface area contributed by atoms with Gasteiger partial charge in [-0.05, 0) is 29.8 Å². The molecule has 8 heteroatoms. The smallest absolute Gasteiger partial charge is 0.227 e. The number of carbonyl (C=O) groups is 2. The van der Waals surface area contributed by atoms with E-state index < -0.39 is 0 Å². The molecule has 0 aromatic heterocycles. The van der Waals surface area contributed by atoms with Crippen LogP contribution in [0.1, 0.15) is 12.0 Å². The van der Waals surface area contributed by atoms with Crippen LogP contribution in [0, 0.1) is 0 Å². The minimum atomic E-state index is -0.119. The number of hydrogen-bond donors (Lipinski definition) is 1. The topological polar surface area (TPSA) is 52.7 Å². The van der Waals surface area contributed by atoms with E-state index in [2.05, 4.69) is 10.2 Å². The Morgan fingerprint density at radius 2 is 1.66 bits per heavy atom. The number of halogens is 3. The van der Waals surface area contributed by atoms with Crippen LogP contribution in [0.5, 0.6) is 0 Å². The number of benzene rings is 2. The molecule has 0 saturated carbocycles. The van der Waals surface area contributed by atoms with Crippen LogP contribution in [0.25, 0.3) is 0 Å². The fourth-order valence-corrected chi connectivity index (χ4v) is 3.74. The Hall–Kier alpha value is -1.79. The maximum Gasteiger partial charge on any atom is 0.227 e. The summed E-state index contributed by atoms with van der Waals surface area (Å²) < 4.78 is 0. The van der Waals surface area contributed by atoms with Gasteiger partial charge in [-0.15, -0.1) is 0 Å². The summed E-state index contributed by atoms with van der Waals surface area (Å²) in [5.74, 6) is -0.0440. The second-order valence-electron chi connectivity index (χ2n) is 6.91. The molecule has 1 aliphatic heterocycles. The molecule has 1 saturated heterocycles. The largest absolute Gasteiger partial charge is 0.340 e. The molecule has 1 fully saturated rings. The highest BCUT2D eigenvalue weighted by Gasteiger charge is 2.22. The maximum atomic E-state index is 12.5. The van der Waals surface area contributed by atoms with Gasteiger partial charge < -0.3 is 10.2 Å². The number of anilines is 1. The Morgan fingerprint density at radius 3 is 2.38 bits per heavy atom. The van der Waals surface area contributed by atoms with E-state index in [1.807, 2.05) is 23.1 Å². The molecule has 0 spiro atoms.